The number of primary amides is 1. The number of carbonyl (C=O) groups excluding carboxylic acids is 1. The molecule has 0 aromatic carbocycles. The summed E-state index contributed by atoms with van der Waals surface area (Å²) in [5.74, 6) is 0.531. The van der Waals surface area contributed by atoms with Gasteiger partial charge in [-0.3, -0.25) is 0 Å². The first-order valence-electron chi connectivity index (χ1n) is 2.98. The molecule has 3 nitrogen and oxygen atoms in total. The maximum atomic E-state index is 10.4. The van der Waals surface area contributed by atoms with Crippen LogP contribution in [-0.4, -0.2) is 22.2 Å². The van der Waals surface area contributed by atoms with Gasteiger partial charge in [-0.15, -0.1) is 0 Å². The normalized spacial score (nSPS) is 12.7. The van der Waals surface area contributed by atoms with E-state index in [4.69, 9.17) is 17.5 Å². The standard InChI is InChI=1S/C5H11ClN2OS/c1-2-4(3-10)8(6)5(7)9/h4,10H,2-3H2,1H3,(H2,7,9). The summed E-state index contributed by atoms with van der Waals surface area (Å²) in [5, 5.41) is 0. The Labute approximate surface area is 71.0 Å². The second-order valence-electron chi connectivity index (χ2n) is 1.89. The van der Waals surface area contributed by atoms with Crippen LogP contribution in [0.25, 0.3) is 0 Å². The zero-order valence-corrected chi connectivity index (χ0v) is 7.40. The van der Waals surface area contributed by atoms with E-state index in [1.54, 1.807) is 0 Å². The number of halogens is 1. The van der Waals surface area contributed by atoms with Crippen molar-refractivity contribution in [2.45, 2.75) is 19.4 Å². The van der Waals surface area contributed by atoms with Crippen LogP contribution >= 0.6 is 24.4 Å². The molecular weight excluding hydrogens is 172 g/mol. The third-order valence-corrected chi connectivity index (χ3v) is 2.08. The van der Waals surface area contributed by atoms with E-state index in [9.17, 15) is 4.79 Å². The van der Waals surface area contributed by atoms with Crippen molar-refractivity contribution >= 4 is 30.4 Å². The summed E-state index contributed by atoms with van der Waals surface area (Å²) in [7, 11) is 0. The predicted molar refractivity (Wildman–Crippen MR) is 45.2 cm³/mol. The molecule has 0 bridgehead atoms. The van der Waals surface area contributed by atoms with E-state index in [1.807, 2.05) is 6.92 Å². The van der Waals surface area contributed by atoms with Gasteiger partial charge in [0.2, 0.25) is 0 Å². The van der Waals surface area contributed by atoms with Crippen LogP contribution in [0.15, 0.2) is 0 Å². The van der Waals surface area contributed by atoms with Crippen molar-refractivity contribution in [3.05, 3.63) is 0 Å². The van der Waals surface area contributed by atoms with Crippen molar-refractivity contribution in [2.75, 3.05) is 5.75 Å². The quantitative estimate of drug-likeness (QED) is 0.501. The summed E-state index contributed by atoms with van der Waals surface area (Å²) in [4.78, 5) is 10.4. The average Bonchev–Trinajstić information content (AvgIpc) is 1.90. The lowest BCUT2D eigenvalue weighted by molar-refractivity contribution is 0.225. The van der Waals surface area contributed by atoms with Gasteiger partial charge in [-0.05, 0) is 6.42 Å². The zero-order valence-electron chi connectivity index (χ0n) is 5.75. The van der Waals surface area contributed by atoms with Crippen molar-refractivity contribution in [3.63, 3.8) is 0 Å². The van der Waals surface area contributed by atoms with E-state index in [0.717, 1.165) is 10.8 Å². The SMILES string of the molecule is CCC(CS)N(Cl)C(N)=O. The van der Waals surface area contributed by atoms with Crippen LogP contribution in [0, 0.1) is 0 Å². The number of hydrogen-bond donors (Lipinski definition) is 2. The van der Waals surface area contributed by atoms with Gasteiger partial charge < -0.3 is 5.73 Å². The highest BCUT2D eigenvalue weighted by Gasteiger charge is 2.15. The van der Waals surface area contributed by atoms with Crippen molar-refractivity contribution < 1.29 is 4.79 Å². The van der Waals surface area contributed by atoms with Gasteiger partial charge >= 0.3 is 6.03 Å². The van der Waals surface area contributed by atoms with E-state index in [-0.39, 0.29) is 6.04 Å². The van der Waals surface area contributed by atoms with Crippen molar-refractivity contribution in [1.29, 1.82) is 0 Å². The Bertz CT molecular complexity index is 118. The van der Waals surface area contributed by atoms with Crippen molar-refractivity contribution in [2.24, 2.45) is 5.73 Å². The maximum absolute atomic E-state index is 10.4. The summed E-state index contributed by atoms with van der Waals surface area (Å²) in [5.41, 5.74) is 4.91. The fraction of sp³-hybridized carbons (Fsp3) is 0.800. The minimum Gasteiger partial charge on any atom is -0.350 e. The van der Waals surface area contributed by atoms with Crippen LogP contribution in [0.2, 0.25) is 0 Å². The Hall–Kier alpha value is -0.0900. The maximum Gasteiger partial charge on any atom is 0.329 e. The van der Waals surface area contributed by atoms with Gasteiger partial charge in [0.05, 0.1) is 6.04 Å². The predicted octanol–water partition coefficient (Wildman–Crippen LogP) is 1.23. The number of rotatable bonds is 3. The molecule has 0 aliphatic carbocycles. The molecule has 1 atom stereocenters. The Kier molecular flexibility index (Phi) is 4.64. The molecule has 0 saturated carbocycles. The molecule has 0 fully saturated rings. The Balaban J connectivity index is 3.88. The van der Waals surface area contributed by atoms with E-state index >= 15 is 0 Å². The van der Waals surface area contributed by atoms with E-state index in [1.165, 1.54) is 0 Å². The molecule has 0 rings (SSSR count). The Morgan fingerprint density at radius 2 is 2.40 bits per heavy atom. The van der Waals surface area contributed by atoms with Gasteiger partial charge in [0.25, 0.3) is 0 Å². The zero-order chi connectivity index (χ0) is 8.15. The summed E-state index contributed by atoms with van der Waals surface area (Å²) >= 11 is 9.49. The molecule has 0 saturated heterocycles. The molecule has 5 heteroatoms. The molecular formula is C5H11ClN2OS. The number of nitrogens with zero attached hydrogens (tertiary/aromatic N) is 1. The minimum absolute atomic E-state index is 0.0671. The van der Waals surface area contributed by atoms with E-state index < -0.39 is 6.03 Å². The van der Waals surface area contributed by atoms with Crippen LogP contribution in [0.4, 0.5) is 4.79 Å². The van der Waals surface area contributed by atoms with Gasteiger partial charge in [-0.2, -0.15) is 12.6 Å². The van der Waals surface area contributed by atoms with Crippen molar-refractivity contribution in [1.82, 2.24) is 4.42 Å². The highest BCUT2D eigenvalue weighted by molar-refractivity contribution is 7.80. The number of thiol groups is 1. The molecule has 0 aromatic heterocycles. The first-order chi connectivity index (χ1) is 4.63. The van der Waals surface area contributed by atoms with Gasteiger partial charge in [-0.25, -0.2) is 9.21 Å². The smallest absolute Gasteiger partial charge is 0.329 e. The van der Waals surface area contributed by atoms with Crippen LogP contribution in [0.1, 0.15) is 13.3 Å². The lowest BCUT2D eigenvalue weighted by atomic mass is 10.3. The van der Waals surface area contributed by atoms with Crippen LogP contribution < -0.4 is 5.73 Å². The monoisotopic (exact) mass is 182 g/mol. The molecule has 60 valence electrons. The number of urea groups is 1. The van der Waals surface area contributed by atoms with E-state index in [0.29, 0.717) is 5.75 Å². The highest BCUT2D eigenvalue weighted by atomic mass is 35.5. The minimum atomic E-state index is -0.623. The van der Waals surface area contributed by atoms with Gasteiger partial charge in [0, 0.05) is 17.5 Å². The van der Waals surface area contributed by atoms with Gasteiger partial charge in [0.1, 0.15) is 0 Å². The van der Waals surface area contributed by atoms with Crippen LogP contribution in [0.5, 0.6) is 0 Å². The number of hydrogen-bond acceptors (Lipinski definition) is 2. The highest BCUT2D eigenvalue weighted by Crippen LogP contribution is 2.07. The third kappa shape index (κ3) is 2.66. The van der Waals surface area contributed by atoms with Gasteiger partial charge in [-0.1, -0.05) is 6.92 Å². The molecule has 2 N–H and O–H groups in total. The molecule has 1 unspecified atom stereocenters. The second-order valence-corrected chi connectivity index (χ2v) is 2.62. The third-order valence-electron chi connectivity index (χ3n) is 1.21. The topological polar surface area (TPSA) is 46.3 Å². The molecule has 0 aliphatic heterocycles. The summed E-state index contributed by atoms with van der Waals surface area (Å²) in [6.07, 6.45) is 0.760. The molecule has 10 heavy (non-hydrogen) atoms. The number of carbonyl (C=O) groups is 1. The largest absolute Gasteiger partial charge is 0.350 e. The second kappa shape index (κ2) is 4.68. The molecule has 0 spiro atoms. The first-order valence-corrected chi connectivity index (χ1v) is 3.95. The molecule has 0 radical (unpaired) electrons. The van der Waals surface area contributed by atoms with Gasteiger partial charge in [0.15, 0.2) is 0 Å². The lowest BCUT2D eigenvalue weighted by Crippen LogP contribution is -2.37. The van der Waals surface area contributed by atoms with Crippen LogP contribution in [0.3, 0.4) is 0 Å². The lowest BCUT2D eigenvalue weighted by Gasteiger charge is -2.19. The molecule has 0 aliphatic rings. The molecule has 0 heterocycles. The average molecular weight is 183 g/mol. The fourth-order valence-corrected chi connectivity index (χ4v) is 1.27. The first kappa shape index (κ1) is 9.91. The number of nitrogens with two attached hydrogens (primary N) is 1. The van der Waals surface area contributed by atoms with E-state index in [2.05, 4.69) is 12.6 Å². The van der Waals surface area contributed by atoms with Crippen LogP contribution in [-0.2, 0) is 0 Å². The Morgan fingerprint density at radius 1 is 1.90 bits per heavy atom. The fourth-order valence-electron chi connectivity index (χ4n) is 0.541. The summed E-state index contributed by atoms with van der Waals surface area (Å²) in [6, 6.07) is -0.690. The molecule has 0 aromatic rings. The molecule has 2 amide bonds. The number of amides is 2. The summed E-state index contributed by atoms with van der Waals surface area (Å²) < 4.78 is 0.979. The Morgan fingerprint density at radius 3 is 2.50 bits per heavy atom. The summed E-state index contributed by atoms with van der Waals surface area (Å²) in [6.45, 7) is 1.92. The van der Waals surface area contributed by atoms with Crippen molar-refractivity contribution in [3.8, 4) is 0 Å².